The minimum absolute atomic E-state index is 0.715. The van der Waals surface area contributed by atoms with E-state index in [0.29, 0.717) is 5.13 Å². The van der Waals surface area contributed by atoms with Crippen LogP contribution in [0.15, 0.2) is 35.7 Å². The Bertz CT molecular complexity index is 821. The van der Waals surface area contributed by atoms with Gasteiger partial charge in [0, 0.05) is 35.6 Å². The fraction of sp³-hybridized carbons (Fsp3) is 0.278. The molecular formula is C18H19N3S2. The summed E-state index contributed by atoms with van der Waals surface area (Å²) in [5, 5.41) is 4.19. The number of anilines is 1. The fourth-order valence-corrected chi connectivity index (χ4v) is 4.73. The van der Waals surface area contributed by atoms with Crippen molar-refractivity contribution in [3.8, 4) is 0 Å². The van der Waals surface area contributed by atoms with Crippen LogP contribution in [-0.2, 0) is 12.8 Å². The Morgan fingerprint density at radius 3 is 3.09 bits per heavy atom. The molecule has 2 aromatic heterocycles. The number of hydrogen-bond acceptors (Lipinski definition) is 5. The minimum atomic E-state index is 0.715. The molecule has 0 saturated heterocycles. The Hall–Kier alpha value is -1.69. The van der Waals surface area contributed by atoms with Crippen LogP contribution in [0.1, 0.15) is 16.1 Å². The maximum atomic E-state index is 5.80. The van der Waals surface area contributed by atoms with Crippen molar-refractivity contribution < 1.29 is 0 Å². The van der Waals surface area contributed by atoms with Crippen molar-refractivity contribution in [1.82, 2.24) is 9.88 Å². The average Bonchev–Trinajstić information content (AvgIpc) is 3.10. The van der Waals surface area contributed by atoms with E-state index in [1.54, 1.807) is 22.7 Å². The molecule has 0 unspecified atom stereocenters. The quantitative estimate of drug-likeness (QED) is 0.781. The lowest BCUT2D eigenvalue weighted by molar-refractivity contribution is 0.318. The largest absolute Gasteiger partial charge is 0.375 e. The zero-order valence-corrected chi connectivity index (χ0v) is 14.5. The highest BCUT2D eigenvalue weighted by Gasteiger charge is 2.16. The molecule has 3 nitrogen and oxygen atoms in total. The van der Waals surface area contributed by atoms with E-state index < -0.39 is 0 Å². The molecule has 5 heteroatoms. The van der Waals surface area contributed by atoms with Crippen LogP contribution >= 0.6 is 22.7 Å². The molecule has 4 rings (SSSR count). The maximum absolute atomic E-state index is 5.80. The molecule has 0 amide bonds. The first kappa shape index (κ1) is 14.9. The van der Waals surface area contributed by atoms with E-state index in [1.165, 1.54) is 26.2 Å². The summed E-state index contributed by atoms with van der Waals surface area (Å²) < 4.78 is 1.36. The molecule has 0 fully saturated rings. The molecule has 118 valence electrons. The molecule has 0 bridgehead atoms. The van der Waals surface area contributed by atoms with Crippen molar-refractivity contribution in [2.45, 2.75) is 12.8 Å². The Morgan fingerprint density at radius 2 is 2.13 bits per heavy atom. The maximum Gasteiger partial charge on any atom is 0.180 e. The van der Waals surface area contributed by atoms with Crippen LogP contribution in [0.2, 0.25) is 0 Å². The van der Waals surface area contributed by atoms with Crippen molar-refractivity contribution in [1.29, 1.82) is 0 Å². The number of thiazole rings is 1. The van der Waals surface area contributed by atoms with Gasteiger partial charge in [0.05, 0.1) is 5.69 Å². The van der Waals surface area contributed by atoms with Gasteiger partial charge in [-0.2, -0.15) is 0 Å². The van der Waals surface area contributed by atoms with Crippen LogP contribution in [0.5, 0.6) is 0 Å². The van der Waals surface area contributed by atoms with Crippen LogP contribution in [0.4, 0.5) is 5.13 Å². The van der Waals surface area contributed by atoms with Crippen molar-refractivity contribution in [3.63, 3.8) is 0 Å². The van der Waals surface area contributed by atoms with Crippen molar-refractivity contribution >= 4 is 44.0 Å². The molecule has 0 atom stereocenters. The number of nitrogens with two attached hydrogens (primary N) is 1. The van der Waals surface area contributed by atoms with Gasteiger partial charge in [-0.1, -0.05) is 24.3 Å². The van der Waals surface area contributed by atoms with E-state index >= 15 is 0 Å². The third-order valence-corrected chi connectivity index (χ3v) is 6.14. The molecule has 1 aromatic carbocycles. The predicted octanol–water partition coefficient (Wildman–Crippen LogP) is 4.05. The second-order valence-electron chi connectivity index (χ2n) is 5.84. The lowest BCUT2D eigenvalue weighted by Gasteiger charge is -2.17. The first-order valence-electron chi connectivity index (χ1n) is 7.88. The normalized spacial score (nSPS) is 16.0. The van der Waals surface area contributed by atoms with Gasteiger partial charge < -0.3 is 5.73 Å². The number of nitrogen functional groups attached to an aromatic ring is 1. The molecule has 3 aromatic rings. The molecule has 0 saturated carbocycles. The second-order valence-corrected chi connectivity index (χ2v) is 7.91. The SMILES string of the molecule is Nc1nc2c(s1)CCN(CC=Cc1ccc3ccsc3c1)CC2. The Labute approximate surface area is 144 Å². The highest BCUT2D eigenvalue weighted by Crippen LogP contribution is 2.24. The average molecular weight is 342 g/mol. The Kier molecular flexibility index (Phi) is 4.16. The fourth-order valence-electron chi connectivity index (χ4n) is 3.02. The lowest BCUT2D eigenvalue weighted by atomic mass is 10.1. The first-order valence-corrected chi connectivity index (χ1v) is 9.58. The van der Waals surface area contributed by atoms with Crippen molar-refractivity contribution in [2.24, 2.45) is 0 Å². The van der Waals surface area contributed by atoms with Crippen LogP contribution in [0.25, 0.3) is 16.2 Å². The van der Waals surface area contributed by atoms with E-state index in [0.717, 1.165) is 32.5 Å². The number of fused-ring (bicyclic) bond motifs is 2. The number of thiophene rings is 1. The van der Waals surface area contributed by atoms with Crippen LogP contribution in [0.3, 0.4) is 0 Å². The summed E-state index contributed by atoms with van der Waals surface area (Å²) in [6.07, 6.45) is 6.59. The number of hydrogen-bond donors (Lipinski definition) is 1. The van der Waals surface area contributed by atoms with E-state index in [9.17, 15) is 0 Å². The van der Waals surface area contributed by atoms with Crippen molar-refractivity contribution in [2.75, 3.05) is 25.4 Å². The third kappa shape index (κ3) is 3.32. The number of benzene rings is 1. The van der Waals surface area contributed by atoms with E-state index in [2.05, 4.69) is 51.7 Å². The van der Waals surface area contributed by atoms with Crippen LogP contribution < -0.4 is 5.73 Å². The summed E-state index contributed by atoms with van der Waals surface area (Å²) in [4.78, 5) is 8.31. The third-order valence-electron chi connectivity index (χ3n) is 4.27. The van der Waals surface area contributed by atoms with Gasteiger partial charge >= 0.3 is 0 Å². The molecular weight excluding hydrogens is 322 g/mol. The molecule has 0 radical (unpaired) electrons. The lowest BCUT2D eigenvalue weighted by Crippen LogP contribution is -2.26. The summed E-state index contributed by atoms with van der Waals surface area (Å²) >= 11 is 3.45. The second kappa shape index (κ2) is 6.43. The summed E-state index contributed by atoms with van der Waals surface area (Å²) in [7, 11) is 0. The van der Waals surface area contributed by atoms with Crippen LogP contribution in [-0.4, -0.2) is 29.5 Å². The van der Waals surface area contributed by atoms with Gasteiger partial charge in [0.15, 0.2) is 5.13 Å². The van der Waals surface area contributed by atoms with Gasteiger partial charge in [0.1, 0.15) is 0 Å². The first-order chi connectivity index (χ1) is 11.3. The van der Waals surface area contributed by atoms with Crippen LogP contribution in [0, 0.1) is 0 Å². The van der Waals surface area contributed by atoms with Gasteiger partial charge in [-0.05, 0) is 34.9 Å². The topological polar surface area (TPSA) is 42.1 Å². The molecule has 2 N–H and O–H groups in total. The number of rotatable bonds is 3. The summed E-state index contributed by atoms with van der Waals surface area (Å²) in [5.74, 6) is 0. The molecule has 3 heterocycles. The highest BCUT2D eigenvalue weighted by atomic mass is 32.1. The molecule has 23 heavy (non-hydrogen) atoms. The molecule has 1 aliphatic rings. The van der Waals surface area contributed by atoms with E-state index in [4.69, 9.17) is 5.73 Å². The summed E-state index contributed by atoms with van der Waals surface area (Å²) in [6.45, 7) is 3.14. The zero-order valence-electron chi connectivity index (χ0n) is 12.9. The smallest absolute Gasteiger partial charge is 0.180 e. The van der Waals surface area contributed by atoms with Gasteiger partial charge in [-0.3, -0.25) is 4.90 Å². The summed E-state index contributed by atoms with van der Waals surface area (Å²) in [6, 6.07) is 8.83. The minimum Gasteiger partial charge on any atom is -0.375 e. The molecule has 0 spiro atoms. The van der Waals surface area contributed by atoms with E-state index in [1.807, 2.05) is 0 Å². The van der Waals surface area contributed by atoms with Gasteiger partial charge in [0.25, 0.3) is 0 Å². The van der Waals surface area contributed by atoms with Gasteiger partial charge in [-0.25, -0.2) is 4.98 Å². The number of aromatic nitrogens is 1. The number of nitrogens with zero attached hydrogens (tertiary/aromatic N) is 2. The zero-order chi connectivity index (χ0) is 15.6. The monoisotopic (exact) mass is 341 g/mol. The Morgan fingerprint density at radius 1 is 1.22 bits per heavy atom. The predicted molar refractivity (Wildman–Crippen MR) is 101 cm³/mol. The van der Waals surface area contributed by atoms with Gasteiger partial charge in [0.2, 0.25) is 0 Å². The van der Waals surface area contributed by atoms with Gasteiger partial charge in [-0.15, -0.1) is 22.7 Å². The molecule has 0 aliphatic carbocycles. The summed E-state index contributed by atoms with van der Waals surface area (Å²) in [5.41, 5.74) is 8.29. The van der Waals surface area contributed by atoms with Crippen molar-refractivity contribution in [3.05, 3.63) is 51.9 Å². The molecule has 1 aliphatic heterocycles. The highest BCUT2D eigenvalue weighted by molar-refractivity contribution is 7.17. The Balaban J connectivity index is 1.38. The van der Waals surface area contributed by atoms with E-state index in [-0.39, 0.29) is 0 Å². The standard InChI is InChI=1S/C18H19N3S2/c19-18-20-15-5-9-21(10-6-16(15)23-18)8-1-2-13-3-4-14-7-11-22-17(14)12-13/h1-4,7,11-12H,5-6,8-10H2,(H2,19,20).